The number of amides is 2. The van der Waals surface area contributed by atoms with Gasteiger partial charge in [-0.1, -0.05) is 30.3 Å². The molecule has 0 spiro atoms. The molecule has 0 atom stereocenters. The van der Waals surface area contributed by atoms with Crippen molar-refractivity contribution in [1.29, 1.82) is 0 Å². The molecule has 1 aromatic heterocycles. The number of ether oxygens (including phenoxy) is 1. The van der Waals surface area contributed by atoms with Gasteiger partial charge in [-0.05, 0) is 72.0 Å². The summed E-state index contributed by atoms with van der Waals surface area (Å²) >= 11 is 0. The largest absolute Gasteiger partial charge is 0.465 e. The van der Waals surface area contributed by atoms with Gasteiger partial charge in [0.2, 0.25) is 0 Å². The van der Waals surface area contributed by atoms with Crippen LogP contribution in [-0.2, 0) is 24.2 Å². The number of rotatable bonds is 8. The highest BCUT2D eigenvalue weighted by Gasteiger charge is 2.19. The summed E-state index contributed by atoms with van der Waals surface area (Å²) in [6, 6.07) is 18.2. The van der Waals surface area contributed by atoms with Crippen molar-refractivity contribution >= 4 is 23.6 Å². The average Bonchev–Trinajstić information content (AvgIpc) is 3.02. The number of hydrogen-bond acceptors (Lipinski definition) is 6. The molecule has 3 N–H and O–H groups in total. The van der Waals surface area contributed by atoms with Crippen LogP contribution < -0.4 is 16.0 Å². The Hall–Kier alpha value is -5.12. The lowest BCUT2D eigenvalue weighted by Crippen LogP contribution is -2.25. The highest BCUT2D eigenvalue weighted by molar-refractivity contribution is 5.98. The smallest absolute Gasteiger partial charge is 0.341 e. The molecule has 0 saturated carbocycles. The summed E-state index contributed by atoms with van der Waals surface area (Å²) in [5, 5.41) is 8.76. The van der Waals surface area contributed by atoms with Crippen LogP contribution in [0.4, 0.5) is 14.6 Å². The van der Waals surface area contributed by atoms with Gasteiger partial charge in [-0.3, -0.25) is 9.59 Å². The maximum Gasteiger partial charge on any atom is 0.341 e. The van der Waals surface area contributed by atoms with Crippen LogP contribution in [-0.4, -0.2) is 36.4 Å². The van der Waals surface area contributed by atoms with Gasteiger partial charge in [-0.15, -0.1) is 0 Å². The number of carbonyl (C=O) groups is 3. The normalized spacial score (nSPS) is 12.1. The molecule has 1 aliphatic heterocycles. The van der Waals surface area contributed by atoms with Gasteiger partial charge in [-0.25, -0.2) is 18.6 Å². The molecule has 2 amide bonds. The van der Waals surface area contributed by atoms with E-state index in [9.17, 15) is 23.2 Å². The van der Waals surface area contributed by atoms with Crippen molar-refractivity contribution in [3.63, 3.8) is 0 Å². The Labute approximate surface area is 241 Å². The summed E-state index contributed by atoms with van der Waals surface area (Å²) in [6.07, 6.45) is 2.06. The van der Waals surface area contributed by atoms with Crippen molar-refractivity contribution in [2.45, 2.75) is 25.9 Å². The van der Waals surface area contributed by atoms with Gasteiger partial charge in [0.1, 0.15) is 23.0 Å². The van der Waals surface area contributed by atoms with E-state index in [0.29, 0.717) is 11.1 Å². The van der Waals surface area contributed by atoms with Gasteiger partial charge >= 0.3 is 5.97 Å². The molecule has 10 heteroatoms. The minimum atomic E-state index is -0.868. The molecule has 5 rings (SSSR count). The molecule has 2 heterocycles. The number of nitrogens with one attached hydrogen (secondary N) is 3. The zero-order chi connectivity index (χ0) is 29.6. The van der Waals surface area contributed by atoms with E-state index in [1.807, 2.05) is 12.1 Å². The number of aryl methyl sites for hydroxylation is 1. The second-order valence-electron chi connectivity index (χ2n) is 9.74. The Morgan fingerprint density at radius 1 is 0.881 bits per heavy atom. The van der Waals surface area contributed by atoms with Gasteiger partial charge in [0.15, 0.2) is 0 Å². The average molecular weight is 571 g/mol. The summed E-state index contributed by atoms with van der Waals surface area (Å²) in [5.74, 6) is -2.17. The van der Waals surface area contributed by atoms with E-state index in [1.54, 1.807) is 12.1 Å². The Bertz CT molecular complexity index is 1660. The first-order chi connectivity index (χ1) is 20.3. The van der Waals surface area contributed by atoms with Crippen molar-refractivity contribution in [2.24, 2.45) is 0 Å². The molecule has 1 aliphatic rings. The van der Waals surface area contributed by atoms with Crippen LogP contribution in [0.2, 0.25) is 0 Å². The fourth-order valence-corrected chi connectivity index (χ4v) is 4.72. The number of pyridine rings is 1. The third-order valence-electron chi connectivity index (χ3n) is 7.00. The van der Waals surface area contributed by atoms with E-state index in [0.717, 1.165) is 44.1 Å². The molecule has 42 heavy (non-hydrogen) atoms. The predicted molar refractivity (Wildman–Crippen MR) is 153 cm³/mol. The summed E-state index contributed by atoms with van der Waals surface area (Å²) in [6.45, 7) is 1.04. The Morgan fingerprint density at radius 3 is 2.29 bits per heavy atom. The molecule has 0 unspecified atom stereocenters. The summed E-state index contributed by atoms with van der Waals surface area (Å²) in [7, 11) is 1.14. The molecular weight excluding hydrogens is 542 g/mol. The first-order valence-electron chi connectivity index (χ1n) is 13.4. The quantitative estimate of drug-likeness (QED) is 0.257. The number of methoxy groups -OCH3 is 1. The summed E-state index contributed by atoms with van der Waals surface area (Å²) in [4.78, 5) is 41.9. The van der Waals surface area contributed by atoms with Gasteiger partial charge in [-0.2, -0.15) is 0 Å². The third kappa shape index (κ3) is 6.27. The zero-order valence-electron chi connectivity index (χ0n) is 22.8. The molecule has 214 valence electrons. The standard InChI is InChI=1S/C32H28F2N4O4/c1-42-32(41)28-25(5-2-6-26(28)33)22-11-12-23(27(34)16-22)17-36-30(39)20-7-9-21(10-8-20)31(40)37-18-24-14-13-19-4-3-15-35-29(19)38-24/h2,5-14,16H,3-4,15,17-18H2,1H3,(H,35,38)(H,36,39)(H,37,40). The number of aromatic nitrogens is 1. The highest BCUT2D eigenvalue weighted by atomic mass is 19.1. The van der Waals surface area contributed by atoms with Gasteiger partial charge in [0.25, 0.3) is 11.8 Å². The Kier molecular flexibility index (Phi) is 8.52. The predicted octanol–water partition coefficient (Wildman–Crippen LogP) is 5.03. The van der Waals surface area contributed by atoms with E-state index in [4.69, 9.17) is 0 Å². The lowest BCUT2D eigenvalue weighted by atomic mass is 9.98. The summed E-state index contributed by atoms with van der Waals surface area (Å²) < 4.78 is 33.9. The van der Waals surface area contributed by atoms with Crippen molar-refractivity contribution in [3.05, 3.63) is 118 Å². The number of halogens is 2. The van der Waals surface area contributed by atoms with E-state index >= 15 is 0 Å². The van der Waals surface area contributed by atoms with Crippen LogP contribution in [0.5, 0.6) is 0 Å². The fraction of sp³-hybridized carbons (Fsp3) is 0.188. The lowest BCUT2D eigenvalue weighted by Gasteiger charge is -2.17. The number of fused-ring (bicyclic) bond motifs is 1. The molecule has 0 fully saturated rings. The van der Waals surface area contributed by atoms with Gasteiger partial charge < -0.3 is 20.7 Å². The van der Waals surface area contributed by atoms with Crippen LogP contribution in [0, 0.1) is 11.6 Å². The number of nitrogens with zero attached hydrogens (tertiary/aromatic N) is 1. The van der Waals surface area contributed by atoms with E-state index in [1.165, 1.54) is 48.0 Å². The maximum absolute atomic E-state index is 14.9. The third-order valence-corrected chi connectivity index (χ3v) is 7.00. The summed E-state index contributed by atoms with van der Waals surface area (Å²) in [5.41, 5.74) is 2.99. The van der Waals surface area contributed by atoms with Crippen molar-refractivity contribution in [2.75, 3.05) is 19.0 Å². The molecule has 0 bridgehead atoms. The molecular formula is C32H28F2N4O4. The van der Waals surface area contributed by atoms with Crippen molar-refractivity contribution in [1.82, 2.24) is 15.6 Å². The van der Waals surface area contributed by atoms with Crippen LogP contribution in [0.25, 0.3) is 11.1 Å². The second-order valence-corrected chi connectivity index (χ2v) is 9.74. The van der Waals surface area contributed by atoms with E-state index < -0.39 is 23.5 Å². The first-order valence-corrected chi connectivity index (χ1v) is 13.4. The first kappa shape index (κ1) is 28.4. The SMILES string of the molecule is COC(=O)c1c(F)cccc1-c1ccc(CNC(=O)c2ccc(C(=O)NCc3ccc4c(n3)NCCC4)cc2)c(F)c1. The van der Waals surface area contributed by atoms with E-state index in [-0.39, 0.29) is 41.3 Å². The fourth-order valence-electron chi connectivity index (χ4n) is 4.72. The lowest BCUT2D eigenvalue weighted by molar-refractivity contribution is 0.0596. The molecule has 4 aromatic rings. The van der Waals surface area contributed by atoms with Crippen LogP contribution >= 0.6 is 0 Å². The monoisotopic (exact) mass is 570 g/mol. The van der Waals surface area contributed by atoms with E-state index in [2.05, 4.69) is 25.7 Å². The van der Waals surface area contributed by atoms with Crippen molar-refractivity contribution in [3.8, 4) is 11.1 Å². The number of carbonyl (C=O) groups excluding carboxylic acids is 3. The molecule has 0 aliphatic carbocycles. The number of anilines is 1. The molecule has 0 saturated heterocycles. The van der Waals surface area contributed by atoms with Crippen LogP contribution in [0.3, 0.4) is 0 Å². The molecule has 0 radical (unpaired) electrons. The maximum atomic E-state index is 14.9. The highest BCUT2D eigenvalue weighted by Crippen LogP contribution is 2.28. The molecule has 8 nitrogen and oxygen atoms in total. The van der Waals surface area contributed by atoms with Crippen LogP contribution in [0.1, 0.15) is 54.3 Å². The second kappa shape index (κ2) is 12.6. The van der Waals surface area contributed by atoms with Gasteiger partial charge in [0.05, 0.1) is 19.3 Å². The number of esters is 1. The van der Waals surface area contributed by atoms with Crippen LogP contribution in [0.15, 0.2) is 72.8 Å². The Balaban J connectivity index is 1.18. The topological polar surface area (TPSA) is 109 Å². The minimum absolute atomic E-state index is 0.108. The number of hydrogen-bond donors (Lipinski definition) is 3. The van der Waals surface area contributed by atoms with Crippen molar-refractivity contribution < 1.29 is 27.9 Å². The van der Waals surface area contributed by atoms with Gasteiger partial charge in [0, 0.05) is 29.8 Å². The number of benzene rings is 3. The Morgan fingerprint density at radius 2 is 1.60 bits per heavy atom. The molecule has 3 aromatic carbocycles. The minimum Gasteiger partial charge on any atom is -0.465 e. The zero-order valence-corrected chi connectivity index (χ0v) is 22.8.